The molecule has 1 unspecified atom stereocenters. The first kappa shape index (κ1) is 13.1. The molecule has 60 valence electrons. The molecule has 0 aliphatic carbocycles. The van der Waals surface area contributed by atoms with Gasteiger partial charge >= 0.3 is 29.6 Å². The van der Waals surface area contributed by atoms with Crippen LogP contribution < -0.4 is 29.6 Å². The topological polar surface area (TPSA) is 40.1 Å². The number of hydrogen-bond acceptors (Lipinski definition) is 2. The monoisotopic (exact) mass is 276 g/mol. The Morgan fingerprint density at radius 3 is 2.50 bits per heavy atom. The molecule has 0 saturated carbocycles. The van der Waals surface area contributed by atoms with Crippen molar-refractivity contribution in [2.45, 2.75) is 4.90 Å². The van der Waals surface area contributed by atoms with Crippen molar-refractivity contribution in [2.24, 2.45) is 0 Å². The van der Waals surface area contributed by atoms with Crippen LogP contribution in [0.25, 0.3) is 0 Å². The summed E-state index contributed by atoms with van der Waals surface area (Å²) in [4.78, 5) is 0.217. The van der Waals surface area contributed by atoms with Crippen molar-refractivity contribution in [2.75, 3.05) is 0 Å². The fourth-order valence-electron chi connectivity index (χ4n) is 0.610. The normalized spacial score (nSPS) is 11.9. The predicted molar refractivity (Wildman–Crippen MR) is 46.3 cm³/mol. The molecule has 0 N–H and O–H groups in total. The van der Waals surface area contributed by atoms with E-state index in [4.69, 9.17) is 11.6 Å². The number of hydrogen-bond donors (Lipinski definition) is 0. The molecule has 0 spiro atoms. The summed E-state index contributed by atoms with van der Waals surface area (Å²) in [6.07, 6.45) is 0. The van der Waals surface area contributed by atoms with Crippen LogP contribution >= 0.6 is 27.5 Å². The Kier molecular flexibility index (Phi) is 6.28. The Hall–Kier alpha value is 1.10. The quantitative estimate of drug-likeness (QED) is 0.505. The average Bonchev–Trinajstić information content (AvgIpc) is 1.85. The Balaban J connectivity index is 0.00000121. The summed E-state index contributed by atoms with van der Waals surface area (Å²) in [5.41, 5.74) is 0. The van der Waals surface area contributed by atoms with Gasteiger partial charge in [-0.3, -0.25) is 4.21 Å². The van der Waals surface area contributed by atoms with Crippen LogP contribution in [0.5, 0.6) is 0 Å². The Morgan fingerprint density at radius 2 is 2.08 bits per heavy atom. The SMILES string of the molecule is O=S([O-])c1ccc(Cl)cc1Br.[Na+]. The molecule has 0 aliphatic rings. The summed E-state index contributed by atoms with van der Waals surface area (Å²) in [6, 6.07) is 4.50. The van der Waals surface area contributed by atoms with Gasteiger partial charge in [0.1, 0.15) is 0 Å². The van der Waals surface area contributed by atoms with Gasteiger partial charge in [0.25, 0.3) is 0 Å². The third-order valence-electron chi connectivity index (χ3n) is 1.07. The fraction of sp³-hybridized carbons (Fsp3) is 0. The van der Waals surface area contributed by atoms with E-state index in [1.807, 2.05) is 0 Å². The van der Waals surface area contributed by atoms with Gasteiger partial charge in [0.15, 0.2) is 0 Å². The van der Waals surface area contributed by atoms with E-state index in [-0.39, 0.29) is 34.5 Å². The van der Waals surface area contributed by atoms with Crippen molar-refractivity contribution in [3.8, 4) is 0 Å². The molecule has 6 heteroatoms. The van der Waals surface area contributed by atoms with Gasteiger partial charge in [0.2, 0.25) is 0 Å². The van der Waals surface area contributed by atoms with Gasteiger partial charge in [0, 0.05) is 14.4 Å². The van der Waals surface area contributed by atoms with Crippen molar-refractivity contribution in [3.63, 3.8) is 0 Å². The Bertz CT molecular complexity index is 308. The Morgan fingerprint density at radius 1 is 1.50 bits per heavy atom. The molecule has 1 rings (SSSR count). The van der Waals surface area contributed by atoms with Gasteiger partial charge in [-0.2, -0.15) is 0 Å². The Labute approximate surface area is 108 Å². The molecule has 2 nitrogen and oxygen atoms in total. The van der Waals surface area contributed by atoms with Crippen LogP contribution in [0, 0.1) is 0 Å². The number of rotatable bonds is 1. The van der Waals surface area contributed by atoms with Gasteiger partial charge < -0.3 is 4.55 Å². The molecule has 1 aromatic rings. The van der Waals surface area contributed by atoms with Crippen molar-refractivity contribution in [1.82, 2.24) is 0 Å². The van der Waals surface area contributed by atoms with E-state index in [2.05, 4.69) is 15.9 Å². The van der Waals surface area contributed by atoms with E-state index in [0.29, 0.717) is 9.50 Å². The summed E-state index contributed by atoms with van der Waals surface area (Å²) in [5, 5.41) is 0.506. The predicted octanol–water partition coefficient (Wildman–Crippen LogP) is -0.655. The fourth-order valence-corrected chi connectivity index (χ4v) is 2.09. The smallest absolute Gasteiger partial charge is 0.768 e. The third kappa shape index (κ3) is 3.46. The van der Waals surface area contributed by atoms with Gasteiger partial charge in [-0.1, -0.05) is 11.6 Å². The summed E-state index contributed by atoms with van der Waals surface area (Å²) in [5.74, 6) is 0. The molecule has 0 aromatic heterocycles. The molecule has 0 saturated heterocycles. The molecule has 0 bridgehead atoms. The molecular weight excluding hydrogens is 274 g/mol. The van der Waals surface area contributed by atoms with Crippen molar-refractivity contribution in [1.29, 1.82) is 0 Å². The van der Waals surface area contributed by atoms with E-state index in [1.54, 1.807) is 0 Å². The van der Waals surface area contributed by atoms with Crippen molar-refractivity contribution in [3.05, 3.63) is 27.7 Å². The first-order valence-corrected chi connectivity index (χ1v) is 4.90. The van der Waals surface area contributed by atoms with Crippen LogP contribution in [-0.4, -0.2) is 8.76 Å². The summed E-state index contributed by atoms with van der Waals surface area (Å²) >= 11 is 6.46. The third-order valence-corrected chi connectivity index (χ3v) is 2.94. The van der Waals surface area contributed by atoms with Crippen LogP contribution in [-0.2, 0) is 11.1 Å². The minimum absolute atomic E-state index is 0. The number of halogens is 2. The largest absolute Gasteiger partial charge is 1.00 e. The van der Waals surface area contributed by atoms with E-state index in [0.717, 1.165) is 0 Å². The second kappa shape index (κ2) is 5.75. The maximum absolute atomic E-state index is 10.5. The zero-order valence-electron chi connectivity index (χ0n) is 6.21. The number of benzene rings is 1. The minimum Gasteiger partial charge on any atom is -0.768 e. The summed E-state index contributed by atoms with van der Waals surface area (Å²) in [7, 11) is 0. The maximum atomic E-state index is 10.5. The van der Waals surface area contributed by atoms with Gasteiger partial charge in [-0.05, 0) is 45.2 Å². The summed E-state index contributed by atoms with van der Waals surface area (Å²) in [6.45, 7) is 0. The molecule has 0 fully saturated rings. The molecule has 0 heterocycles. The zero-order chi connectivity index (χ0) is 8.43. The van der Waals surface area contributed by atoms with E-state index < -0.39 is 11.1 Å². The van der Waals surface area contributed by atoms with E-state index in [9.17, 15) is 8.76 Å². The van der Waals surface area contributed by atoms with Crippen LogP contribution in [0.1, 0.15) is 0 Å². The zero-order valence-corrected chi connectivity index (χ0v) is 11.4. The van der Waals surface area contributed by atoms with Gasteiger partial charge in [0.05, 0.1) is 0 Å². The van der Waals surface area contributed by atoms with E-state index >= 15 is 0 Å². The van der Waals surface area contributed by atoms with Crippen LogP contribution in [0.3, 0.4) is 0 Å². The summed E-state index contributed by atoms with van der Waals surface area (Å²) < 4.78 is 21.4. The second-order valence-electron chi connectivity index (χ2n) is 1.81. The molecule has 0 aliphatic heterocycles. The van der Waals surface area contributed by atoms with Gasteiger partial charge in [-0.15, -0.1) is 0 Å². The standard InChI is InChI=1S/C6H4BrClO2S.Na/c7-5-3-4(8)1-2-6(5)11(9)10;/h1-3H,(H,9,10);/q;+1/p-1. The van der Waals surface area contributed by atoms with Crippen LogP contribution in [0.4, 0.5) is 0 Å². The van der Waals surface area contributed by atoms with Crippen LogP contribution in [0.15, 0.2) is 27.6 Å². The molecular formula is C6H3BrClNaO2S. The van der Waals surface area contributed by atoms with Gasteiger partial charge in [-0.25, -0.2) is 0 Å². The first-order valence-electron chi connectivity index (χ1n) is 2.65. The average molecular weight is 278 g/mol. The molecule has 1 aromatic carbocycles. The second-order valence-corrected chi connectivity index (χ2v) is 4.01. The first-order chi connectivity index (χ1) is 5.11. The maximum Gasteiger partial charge on any atom is 1.00 e. The molecule has 1 atom stereocenters. The molecule has 0 radical (unpaired) electrons. The molecule has 12 heavy (non-hydrogen) atoms. The van der Waals surface area contributed by atoms with Crippen LogP contribution in [0.2, 0.25) is 5.02 Å². The van der Waals surface area contributed by atoms with Crippen molar-refractivity contribution >= 4 is 38.6 Å². The van der Waals surface area contributed by atoms with Crippen molar-refractivity contribution < 1.29 is 38.3 Å². The van der Waals surface area contributed by atoms with E-state index in [1.165, 1.54) is 18.2 Å². The minimum atomic E-state index is -2.20. The molecule has 0 amide bonds.